The Morgan fingerprint density at radius 3 is 2.76 bits per heavy atom. The van der Waals surface area contributed by atoms with Crippen molar-refractivity contribution in [2.24, 2.45) is 5.92 Å². The number of hydrogen-bond donors (Lipinski definition) is 2. The van der Waals surface area contributed by atoms with Crippen LogP contribution in [0.2, 0.25) is 0 Å². The molecule has 1 saturated heterocycles. The second-order valence-electron chi connectivity index (χ2n) is 4.95. The Morgan fingerprint density at radius 2 is 2.14 bits per heavy atom. The van der Waals surface area contributed by atoms with Gasteiger partial charge in [0.25, 0.3) is 0 Å². The zero-order valence-electron chi connectivity index (χ0n) is 11.7. The van der Waals surface area contributed by atoms with Gasteiger partial charge in [-0.1, -0.05) is 0 Å². The van der Waals surface area contributed by atoms with E-state index >= 15 is 0 Å². The standard InChI is InChI=1S/C13H18F2N2O2S2/c1-16-7-10-11(14)2-3-12(13(10)15)21(18,19)17-6-9-4-5-20-8-9/h2-3,9,16-17H,4-8H2,1H3. The maximum absolute atomic E-state index is 14.2. The lowest BCUT2D eigenvalue weighted by molar-refractivity contribution is 0.512. The average Bonchev–Trinajstić information content (AvgIpc) is 2.94. The smallest absolute Gasteiger partial charge is 0.243 e. The van der Waals surface area contributed by atoms with Crippen molar-refractivity contribution in [1.29, 1.82) is 0 Å². The van der Waals surface area contributed by atoms with Crippen molar-refractivity contribution < 1.29 is 17.2 Å². The normalized spacial score (nSPS) is 19.1. The molecule has 2 N–H and O–H groups in total. The van der Waals surface area contributed by atoms with Crippen LogP contribution in [0.3, 0.4) is 0 Å². The number of rotatable bonds is 6. The third-order valence-electron chi connectivity index (χ3n) is 3.38. The lowest BCUT2D eigenvalue weighted by Crippen LogP contribution is -2.30. The molecule has 0 aromatic heterocycles. The van der Waals surface area contributed by atoms with Gasteiger partial charge in [-0.15, -0.1) is 0 Å². The van der Waals surface area contributed by atoms with E-state index in [2.05, 4.69) is 10.0 Å². The summed E-state index contributed by atoms with van der Waals surface area (Å²) in [4.78, 5) is -0.500. The first-order valence-corrected chi connectivity index (χ1v) is 9.28. The summed E-state index contributed by atoms with van der Waals surface area (Å²) in [6.45, 7) is 0.216. The third-order valence-corrected chi connectivity index (χ3v) is 6.05. The van der Waals surface area contributed by atoms with Gasteiger partial charge in [0.05, 0.1) is 0 Å². The minimum absolute atomic E-state index is 0.0692. The largest absolute Gasteiger partial charge is 0.315 e. The van der Waals surface area contributed by atoms with Gasteiger partial charge in [-0.05, 0) is 43.0 Å². The highest BCUT2D eigenvalue weighted by Gasteiger charge is 2.25. The van der Waals surface area contributed by atoms with Crippen LogP contribution in [0.15, 0.2) is 17.0 Å². The number of sulfonamides is 1. The Morgan fingerprint density at radius 1 is 1.38 bits per heavy atom. The summed E-state index contributed by atoms with van der Waals surface area (Å²) >= 11 is 1.78. The van der Waals surface area contributed by atoms with Crippen LogP contribution in [-0.2, 0) is 16.6 Å². The molecule has 1 heterocycles. The maximum Gasteiger partial charge on any atom is 0.243 e. The van der Waals surface area contributed by atoms with Crippen LogP contribution in [0.5, 0.6) is 0 Å². The van der Waals surface area contributed by atoms with E-state index in [-0.39, 0.29) is 24.6 Å². The predicted molar refractivity (Wildman–Crippen MR) is 79.7 cm³/mol. The Balaban J connectivity index is 2.20. The molecule has 1 aromatic rings. The monoisotopic (exact) mass is 336 g/mol. The molecule has 1 aromatic carbocycles. The summed E-state index contributed by atoms with van der Waals surface area (Å²) in [5.41, 5.74) is -0.267. The summed E-state index contributed by atoms with van der Waals surface area (Å²) in [7, 11) is -2.43. The summed E-state index contributed by atoms with van der Waals surface area (Å²) in [6.07, 6.45) is 0.949. The lowest BCUT2D eigenvalue weighted by Gasteiger charge is -2.13. The van der Waals surface area contributed by atoms with Crippen molar-refractivity contribution >= 4 is 21.8 Å². The molecule has 0 saturated carbocycles. The van der Waals surface area contributed by atoms with E-state index in [1.165, 1.54) is 7.05 Å². The molecule has 0 bridgehead atoms. The van der Waals surface area contributed by atoms with E-state index < -0.39 is 26.6 Å². The zero-order chi connectivity index (χ0) is 15.5. The van der Waals surface area contributed by atoms with Gasteiger partial charge in [0.1, 0.15) is 10.7 Å². The second kappa shape index (κ2) is 7.04. The van der Waals surface area contributed by atoms with E-state index in [0.717, 1.165) is 30.1 Å². The minimum atomic E-state index is -3.96. The number of halogens is 2. The van der Waals surface area contributed by atoms with Crippen LogP contribution in [-0.4, -0.2) is 33.5 Å². The highest BCUT2D eigenvalue weighted by atomic mass is 32.2. The van der Waals surface area contributed by atoms with E-state index in [4.69, 9.17) is 0 Å². The molecule has 1 unspecified atom stereocenters. The highest BCUT2D eigenvalue weighted by Crippen LogP contribution is 2.24. The molecule has 1 aliphatic heterocycles. The first-order chi connectivity index (χ1) is 9.95. The van der Waals surface area contributed by atoms with Crippen molar-refractivity contribution in [2.45, 2.75) is 17.9 Å². The van der Waals surface area contributed by atoms with Crippen molar-refractivity contribution in [2.75, 3.05) is 25.1 Å². The van der Waals surface area contributed by atoms with E-state index in [9.17, 15) is 17.2 Å². The molecule has 1 aliphatic rings. The topological polar surface area (TPSA) is 58.2 Å². The van der Waals surface area contributed by atoms with E-state index in [1.54, 1.807) is 11.8 Å². The average molecular weight is 336 g/mol. The van der Waals surface area contributed by atoms with E-state index in [0.29, 0.717) is 0 Å². The van der Waals surface area contributed by atoms with Gasteiger partial charge in [-0.3, -0.25) is 0 Å². The van der Waals surface area contributed by atoms with Crippen LogP contribution >= 0.6 is 11.8 Å². The predicted octanol–water partition coefficient (Wildman–Crippen LogP) is 1.72. The molecule has 2 rings (SSSR count). The van der Waals surface area contributed by atoms with Crippen LogP contribution in [0.25, 0.3) is 0 Å². The van der Waals surface area contributed by atoms with Crippen LogP contribution < -0.4 is 10.0 Å². The summed E-state index contributed by atoms with van der Waals surface area (Å²) < 4.78 is 54.5. The molecule has 1 atom stereocenters. The van der Waals surface area contributed by atoms with Gasteiger partial charge in [0.15, 0.2) is 5.82 Å². The fourth-order valence-electron chi connectivity index (χ4n) is 2.17. The minimum Gasteiger partial charge on any atom is -0.315 e. The lowest BCUT2D eigenvalue weighted by atomic mass is 10.1. The van der Waals surface area contributed by atoms with Gasteiger partial charge in [-0.25, -0.2) is 21.9 Å². The molecule has 0 spiro atoms. The van der Waals surface area contributed by atoms with Gasteiger partial charge in [0.2, 0.25) is 10.0 Å². The first-order valence-electron chi connectivity index (χ1n) is 6.64. The molecular weight excluding hydrogens is 318 g/mol. The third kappa shape index (κ3) is 3.94. The first kappa shape index (κ1) is 16.7. The molecule has 1 fully saturated rings. The molecule has 0 aliphatic carbocycles. The van der Waals surface area contributed by atoms with Crippen molar-refractivity contribution in [3.05, 3.63) is 29.3 Å². The van der Waals surface area contributed by atoms with Gasteiger partial charge >= 0.3 is 0 Å². The molecule has 4 nitrogen and oxygen atoms in total. The quantitative estimate of drug-likeness (QED) is 0.830. The van der Waals surface area contributed by atoms with E-state index in [1.807, 2.05) is 0 Å². The zero-order valence-corrected chi connectivity index (χ0v) is 13.3. The van der Waals surface area contributed by atoms with Crippen LogP contribution in [0.4, 0.5) is 8.78 Å². The molecule has 118 valence electrons. The van der Waals surface area contributed by atoms with Gasteiger partial charge in [0, 0.05) is 18.7 Å². The Kier molecular flexibility index (Phi) is 5.59. The van der Waals surface area contributed by atoms with Crippen molar-refractivity contribution in [3.63, 3.8) is 0 Å². The molecule has 21 heavy (non-hydrogen) atoms. The molecular formula is C13H18F2N2O2S2. The fraction of sp³-hybridized carbons (Fsp3) is 0.538. The number of nitrogens with one attached hydrogen (secondary N) is 2. The molecule has 8 heteroatoms. The summed E-state index contributed by atoms with van der Waals surface area (Å²) in [6, 6.07) is 1.95. The second-order valence-corrected chi connectivity index (χ2v) is 7.84. The Hall–Kier alpha value is -0.700. The maximum atomic E-state index is 14.2. The van der Waals surface area contributed by atoms with Crippen molar-refractivity contribution in [1.82, 2.24) is 10.0 Å². The Bertz CT molecular complexity index is 602. The summed E-state index contributed by atoms with van der Waals surface area (Å²) in [5.74, 6) is 0.402. The SMILES string of the molecule is CNCc1c(F)ccc(S(=O)(=O)NCC2CCSC2)c1F. The molecule has 0 amide bonds. The number of hydrogen-bond acceptors (Lipinski definition) is 4. The van der Waals surface area contributed by atoms with Gasteiger partial charge in [-0.2, -0.15) is 11.8 Å². The van der Waals surface area contributed by atoms with Gasteiger partial charge < -0.3 is 5.32 Å². The number of thioether (sulfide) groups is 1. The van der Waals surface area contributed by atoms with Crippen molar-refractivity contribution in [3.8, 4) is 0 Å². The fourth-order valence-corrected chi connectivity index (χ4v) is 4.67. The van der Waals surface area contributed by atoms with Crippen LogP contribution in [0.1, 0.15) is 12.0 Å². The van der Waals surface area contributed by atoms with Crippen LogP contribution in [0, 0.1) is 17.6 Å². The number of benzene rings is 1. The highest BCUT2D eigenvalue weighted by molar-refractivity contribution is 7.99. The Labute approximate surface area is 127 Å². The summed E-state index contributed by atoms with van der Waals surface area (Å²) in [5, 5.41) is 2.62. The molecule has 0 radical (unpaired) electrons.